The second-order valence-corrected chi connectivity index (χ2v) is 9.70. The first kappa shape index (κ1) is 22.4. The van der Waals surface area contributed by atoms with Crippen LogP contribution < -0.4 is 0 Å². The molecule has 0 bridgehead atoms. The number of carbonyl (C=O) groups excluding carboxylic acids is 1. The molecule has 2 saturated heterocycles. The van der Waals surface area contributed by atoms with E-state index in [2.05, 4.69) is 4.98 Å². The van der Waals surface area contributed by atoms with Gasteiger partial charge in [-0.1, -0.05) is 23.7 Å². The van der Waals surface area contributed by atoms with Gasteiger partial charge in [0.15, 0.2) is 0 Å². The van der Waals surface area contributed by atoms with E-state index in [9.17, 15) is 22.4 Å². The highest BCUT2D eigenvalue weighted by molar-refractivity contribution is 6.31. The molecule has 1 aromatic carbocycles. The SMILES string of the molecule is O=C(N1CC(OCc2ccc(F)cc2Cl)C1)N1CC2(CC(c3ccc(C(F)(F)F)nc3)C2)C1. The molecule has 2 aliphatic heterocycles. The largest absolute Gasteiger partial charge is 0.433 e. The van der Waals surface area contributed by atoms with Crippen LogP contribution in [0.15, 0.2) is 36.5 Å². The molecule has 10 heteroatoms. The molecule has 3 fully saturated rings. The predicted molar refractivity (Wildman–Crippen MR) is 112 cm³/mol. The van der Waals surface area contributed by atoms with Crippen LogP contribution in [0, 0.1) is 11.2 Å². The fourth-order valence-corrected chi connectivity index (χ4v) is 5.16. The standard InChI is InChI=1S/C23H22ClF4N3O2/c24-19-5-17(25)3-1-15(19)11-33-18-9-30(10-18)21(32)31-12-22(13-31)6-16(7-22)14-2-4-20(29-8-14)23(26,27)28/h1-5,8,16,18H,6-7,9-13H2. The zero-order valence-electron chi connectivity index (χ0n) is 17.6. The minimum Gasteiger partial charge on any atom is -0.370 e. The van der Waals surface area contributed by atoms with Crippen molar-refractivity contribution in [2.75, 3.05) is 26.2 Å². The van der Waals surface area contributed by atoms with Gasteiger partial charge in [0.05, 0.1) is 25.8 Å². The van der Waals surface area contributed by atoms with Crippen molar-refractivity contribution < 1.29 is 27.1 Å². The van der Waals surface area contributed by atoms with Crippen LogP contribution in [0.3, 0.4) is 0 Å². The smallest absolute Gasteiger partial charge is 0.370 e. The molecule has 3 heterocycles. The number of urea groups is 1. The Morgan fingerprint density at radius 2 is 1.88 bits per heavy atom. The molecule has 2 aromatic rings. The number of rotatable bonds is 4. The lowest BCUT2D eigenvalue weighted by Crippen LogP contribution is -2.68. The fourth-order valence-electron chi connectivity index (χ4n) is 4.94. The van der Waals surface area contributed by atoms with Crippen LogP contribution in [-0.4, -0.2) is 53.1 Å². The zero-order valence-corrected chi connectivity index (χ0v) is 18.4. The molecule has 0 N–H and O–H groups in total. The molecule has 0 unspecified atom stereocenters. The Balaban J connectivity index is 1.03. The van der Waals surface area contributed by atoms with Crippen LogP contribution in [0.5, 0.6) is 0 Å². The van der Waals surface area contributed by atoms with Crippen molar-refractivity contribution in [1.82, 2.24) is 14.8 Å². The van der Waals surface area contributed by atoms with Crippen molar-refractivity contribution in [2.24, 2.45) is 5.41 Å². The summed E-state index contributed by atoms with van der Waals surface area (Å²) in [7, 11) is 0. The molecule has 3 aliphatic rings. The quantitative estimate of drug-likeness (QED) is 0.569. The van der Waals surface area contributed by atoms with Crippen molar-refractivity contribution in [2.45, 2.75) is 37.6 Å². The molecule has 1 aliphatic carbocycles. The van der Waals surface area contributed by atoms with Gasteiger partial charge in [-0.25, -0.2) is 9.18 Å². The maximum atomic E-state index is 13.1. The van der Waals surface area contributed by atoms with Crippen LogP contribution in [0.2, 0.25) is 5.02 Å². The number of likely N-dealkylation sites (tertiary alicyclic amines) is 2. The molecule has 1 aromatic heterocycles. The van der Waals surface area contributed by atoms with E-state index < -0.39 is 17.7 Å². The van der Waals surface area contributed by atoms with Crippen molar-refractivity contribution in [1.29, 1.82) is 0 Å². The van der Waals surface area contributed by atoms with Gasteiger partial charge in [-0.3, -0.25) is 4.98 Å². The normalized spacial score (nSPS) is 20.4. The Kier molecular flexibility index (Phi) is 5.52. The summed E-state index contributed by atoms with van der Waals surface area (Å²) < 4.78 is 56.9. The number of ether oxygens (including phenoxy) is 1. The third-order valence-corrected chi connectivity index (χ3v) is 7.19. The van der Waals surface area contributed by atoms with E-state index in [-0.39, 0.29) is 30.1 Å². The van der Waals surface area contributed by atoms with Gasteiger partial charge >= 0.3 is 12.2 Å². The first-order chi connectivity index (χ1) is 15.6. The maximum Gasteiger partial charge on any atom is 0.433 e. The summed E-state index contributed by atoms with van der Waals surface area (Å²) in [6, 6.07) is 6.69. The van der Waals surface area contributed by atoms with Gasteiger partial charge in [-0.2, -0.15) is 13.2 Å². The summed E-state index contributed by atoms with van der Waals surface area (Å²) >= 11 is 6.00. The molecule has 5 nitrogen and oxygen atoms in total. The van der Waals surface area contributed by atoms with Gasteiger partial charge in [0.2, 0.25) is 0 Å². The molecule has 0 radical (unpaired) electrons. The van der Waals surface area contributed by atoms with Crippen LogP contribution in [0.4, 0.5) is 22.4 Å². The number of hydrogen-bond donors (Lipinski definition) is 0. The van der Waals surface area contributed by atoms with Gasteiger partial charge in [-0.05, 0) is 48.1 Å². The monoisotopic (exact) mass is 483 g/mol. The second kappa shape index (κ2) is 8.13. The van der Waals surface area contributed by atoms with Crippen molar-refractivity contribution in [3.63, 3.8) is 0 Å². The summed E-state index contributed by atoms with van der Waals surface area (Å²) in [5.41, 5.74) is 0.722. The zero-order chi connectivity index (χ0) is 23.4. The summed E-state index contributed by atoms with van der Waals surface area (Å²) in [6.07, 6.45) is -1.47. The summed E-state index contributed by atoms with van der Waals surface area (Å²) in [4.78, 5) is 19.7. The Labute approximate surface area is 193 Å². The lowest BCUT2D eigenvalue weighted by Gasteiger charge is -2.60. The third-order valence-electron chi connectivity index (χ3n) is 6.84. The van der Waals surface area contributed by atoms with Crippen LogP contribution >= 0.6 is 11.6 Å². The molecule has 0 atom stereocenters. The second-order valence-electron chi connectivity index (χ2n) is 9.29. The fraction of sp³-hybridized carbons (Fsp3) is 0.478. The molecule has 2 amide bonds. The average Bonchev–Trinajstić information content (AvgIpc) is 2.65. The average molecular weight is 484 g/mol. The number of pyridine rings is 1. The Bertz CT molecular complexity index is 1040. The number of benzene rings is 1. The number of carbonyl (C=O) groups is 1. The maximum absolute atomic E-state index is 13.1. The highest BCUT2D eigenvalue weighted by Crippen LogP contribution is 2.56. The number of halogens is 5. The van der Waals surface area contributed by atoms with E-state index in [0.717, 1.165) is 24.5 Å². The highest BCUT2D eigenvalue weighted by atomic mass is 35.5. The van der Waals surface area contributed by atoms with Gasteiger partial charge in [0.1, 0.15) is 11.5 Å². The van der Waals surface area contributed by atoms with E-state index in [0.29, 0.717) is 36.8 Å². The first-order valence-electron chi connectivity index (χ1n) is 10.7. The van der Waals surface area contributed by atoms with Gasteiger partial charge in [-0.15, -0.1) is 0 Å². The lowest BCUT2D eigenvalue weighted by atomic mass is 9.56. The lowest BCUT2D eigenvalue weighted by molar-refractivity contribution is -0.141. The van der Waals surface area contributed by atoms with E-state index in [1.807, 2.05) is 4.90 Å². The molecule has 176 valence electrons. The predicted octanol–water partition coefficient (Wildman–Crippen LogP) is 5.09. The topological polar surface area (TPSA) is 45.7 Å². The number of hydrogen-bond acceptors (Lipinski definition) is 3. The van der Waals surface area contributed by atoms with Crippen LogP contribution in [0.25, 0.3) is 0 Å². The molecule has 1 spiro atoms. The molecular weight excluding hydrogens is 462 g/mol. The number of amides is 2. The van der Waals surface area contributed by atoms with E-state index in [4.69, 9.17) is 16.3 Å². The number of nitrogens with zero attached hydrogens (tertiary/aromatic N) is 3. The molecule has 1 saturated carbocycles. The molecular formula is C23H22ClF4N3O2. The Morgan fingerprint density at radius 3 is 2.48 bits per heavy atom. The van der Waals surface area contributed by atoms with Crippen molar-refractivity contribution >= 4 is 17.6 Å². The molecule has 5 rings (SSSR count). The van der Waals surface area contributed by atoms with Crippen molar-refractivity contribution in [3.8, 4) is 0 Å². The van der Waals surface area contributed by atoms with E-state index >= 15 is 0 Å². The van der Waals surface area contributed by atoms with E-state index in [1.54, 1.807) is 11.0 Å². The Morgan fingerprint density at radius 1 is 1.15 bits per heavy atom. The van der Waals surface area contributed by atoms with E-state index in [1.165, 1.54) is 24.4 Å². The number of aromatic nitrogens is 1. The van der Waals surface area contributed by atoms with Gasteiger partial charge in [0.25, 0.3) is 0 Å². The minimum absolute atomic E-state index is 0.0139. The number of alkyl halides is 3. The van der Waals surface area contributed by atoms with Gasteiger partial charge in [0, 0.05) is 29.7 Å². The van der Waals surface area contributed by atoms with Gasteiger partial charge < -0.3 is 14.5 Å². The summed E-state index contributed by atoms with van der Waals surface area (Å²) in [5, 5.41) is 0.319. The third kappa shape index (κ3) is 4.40. The van der Waals surface area contributed by atoms with Crippen LogP contribution in [0.1, 0.15) is 35.6 Å². The first-order valence-corrected chi connectivity index (χ1v) is 11.1. The van der Waals surface area contributed by atoms with Crippen LogP contribution in [-0.2, 0) is 17.5 Å². The summed E-state index contributed by atoms with van der Waals surface area (Å²) in [6.45, 7) is 2.61. The molecule has 33 heavy (non-hydrogen) atoms. The minimum atomic E-state index is -4.43. The van der Waals surface area contributed by atoms with Crippen molar-refractivity contribution in [3.05, 3.63) is 64.2 Å². The Hall–Kier alpha value is -2.39. The summed E-state index contributed by atoms with van der Waals surface area (Å²) in [5.74, 6) is -0.206. The highest BCUT2D eigenvalue weighted by Gasteiger charge is 2.55.